The van der Waals surface area contributed by atoms with Gasteiger partial charge in [0.15, 0.2) is 0 Å². The molecule has 0 bridgehead atoms. The molecule has 1 saturated heterocycles. The number of aryl methyl sites for hydroxylation is 1. The Hall–Kier alpha value is -2.66. The van der Waals surface area contributed by atoms with Crippen LogP contribution in [0.4, 0.5) is 16.2 Å². The molecule has 0 saturated carbocycles. The van der Waals surface area contributed by atoms with Gasteiger partial charge in [-0.1, -0.05) is 23.7 Å². The van der Waals surface area contributed by atoms with Crippen LogP contribution in [0.2, 0.25) is 5.02 Å². The molecular weight excluding hydrogens is 374 g/mol. The molecule has 28 heavy (non-hydrogen) atoms. The lowest BCUT2D eigenvalue weighted by Crippen LogP contribution is -2.33. The summed E-state index contributed by atoms with van der Waals surface area (Å²) in [5, 5.41) is 0.468. The molecule has 5 nitrogen and oxygen atoms in total. The molecular formula is C22H22ClN3O2. The van der Waals surface area contributed by atoms with Crippen molar-refractivity contribution < 1.29 is 9.59 Å². The molecule has 3 amide bonds. The number of hydrogen-bond donors (Lipinski definition) is 0. The van der Waals surface area contributed by atoms with Gasteiger partial charge < -0.3 is 4.90 Å². The predicted molar refractivity (Wildman–Crippen MR) is 113 cm³/mol. The monoisotopic (exact) mass is 395 g/mol. The number of anilines is 2. The number of imide groups is 1. The average molecular weight is 396 g/mol. The Morgan fingerprint density at radius 1 is 1.00 bits per heavy atom. The maximum atomic E-state index is 12.8. The molecule has 0 aliphatic carbocycles. The van der Waals surface area contributed by atoms with Gasteiger partial charge in [0.25, 0.3) is 5.91 Å². The number of nitrogens with zero attached hydrogens (tertiary/aromatic N) is 3. The van der Waals surface area contributed by atoms with E-state index in [0.717, 1.165) is 29.1 Å². The molecule has 2 aliphatic rings. The molecule has 0 unspecified atom stereocenters. The molecule has 2 aliphatic heterocycles. The van der Waals surface area contributed by atoms with Crippen LogP contribution in [0.1, 0.15) is 30.4 Å². The summed E-state index contributed by atoms with van der Waals surface area (Å²) in [5.41, 5.74) is 4.04. The van der Waals surface area contributed by atoms with Crippen LogP contribution in [0.25, 0.3) is 0 Å². The van der Waals surface area contributed by atoms with E-state index < -0.39 is 6.03 Å². The summed E-state index contributed by atoms with van der Waals surface area (Å²) in [4.78, 5) is 32.6. The summed E-state index contributed by atoms with van der Waals surface area (Å²) in [6.45, 7) is 4.22. The summed E-state index contributed by atoms with van der Waals surface area (Å²) in [6.07, 6.45) is 4.10. The second-order valence-corrected chi connectivity index (χ2v) is 7.73. The second kappa shape index (κ2) is 7.76. The van der Waals surface area contributed by atoms with Crippen LogP contribution in [0.5, 0.6) is 0 Å². The van der Waals surface area contributed by atoms with E-state index in [-0.39, 0.29) is 11.6 Å². The first kappa shape index (κ1) is 18.7. The molecule has 0 radical (unpaired) electrons. The number of hydrogen-bond acceptors (Lipinski definition) is 3. The van der Waals surface area contributed by atoms with Crippen LogP contribution in [0.15, 0.2) is 47.5 Å². The third-order valence-corrected chi connectivity index (χ3v) is 5.58. The van der Waals surface area contributed by atoms with Crippen LogP contribution in [-0.2, 0) is 11.2 Å². The lowest BCUT2D eigenvalue weighted by atomic mass is 10.0. The first-order valence-corrected chi connectivity index (χ1v) is 9.97. The molecule has 2 heterocycles. The lowest BCUT2D eigenvalue weighted by molar-refractivity contribution is -0.111. The van der Waals surface area contributed by atoms with Gasteiger partial charge in [0.05, 0.1) is 5.69 Å². The zero-order valence-electron chi connectivity index (χ0n) is 15.8. The first-order chi connectivity index (χ1) is 13.5. The van der Waals surface area contributed by atoms with Crippen molar-refractivity contribution in [3.8, 4) is 0 Å². The van der Waals surface area contributed by atoms with Gasteiger partial charge in [-0.2, -0.15) is 4.99 Å². The topological polar surface area (TPSA) is 53.0 Å². The Bertz CT molecular complexity index is 964. The molecule has 2 aromatic rings. The molecule has 0 aromatic heterocycles. The highest BCUT2D eigenvalue weighted by Gasteiger charge is 2.34. The molecule has 0 spiro atoms. The fourth-order valence-electron chi connectivity index (χ4n) is 3.79. The SMILES string of the molecule is Cc1cc(N2CCCCC2)ccc1CC1=NC(=O)N(c2cccc(Cl)c2)C1=O. The summed E-state index contributed by atoms with van der Waals surface area (Å²) >= 11 is 5.99. The number of halogens is 1. The van der Waals surface area contributed by atoms with Gasteiger partial charge >= 0.3 is 6.03 Å². The van der Waals surface area contributed by atoms with Gasteiger partial charge in [-0.25, -0.2) is 9.69 Å². The number of aliphatic imine (C=N–C) groups is 1. The number of carbonyl (C=O) groups excluding carboxylic acids is 2. The van der Waals surface area contributed by atoms with Gasteiger partial charge in [0, 0.05) is 30.2 Å². The predicted octanol–water partition coefficient (Wildman–Crippen LogP) is 4.79. The quantitative estimate of drug-likeness (QED) is 0.747. The summed E-state index contributed by atoms with van der Waals surface area (Å²) in [5.74, 6) is -0.383. The maximum Gasteiger partial charge on any atom is 0.355 e. The summed E-state index contributed by atoms with van der Waals surface area (Å²) < 4.78 is 0. The Morgan fingerprint density at radius 3 is 2.50 bits per heavy atom. The number of urea groups is 1. The Balaban J connectivity index is 1.52. The Labute approximate surface area is 169 Å². The average Bonchev–Trinajstić information content (AvgIpc) is 2.97. The van der Waals surface area contributed by atoms with Crippen molar-refractivity contribution in [3.05, 3.63) is 58.6 Å². The molecule has 2 aromatic carbocycles. The standard InChI is InChI=1S/C22H22ClN3O2/c1-15-12-18(25-10-3-2-4-11-25)9-8-16(15)13-20-21(27)26(22(28)24-20)19-7-5-6-17(23)14-19/h5-9,12,14H,2-4,10-11,13H2,1H3. The van der Waals surface area contributed by atoms with E-state index in [0.29, 0.717) is 17.1 Å². The van der Waals surface area contributed by atoms with Crippen LogP contribution >= 0.6 is 11.6 Å². The van der Waals surface area contributed by atoms with Gasteiger partial charge in [0.1, 0.15) is 5.71 Å². The van der Waals surface area contributed by atoms with Gasteiger partial charge in [-0.3, -0.25) is 4.79 Å². The number of rotatable bonds is 4. The maximum absolute atomic E-state index is 12.8. The zero-order valence-corrected chi connectivity index (χ0v) is 16.6. The van der Waals surface area contributed by atoms with Crippen molar-refractivity contribution in [2.24, 2.45) is 4.99 Å². The summed E-state index contributed by atoms with van der Waals surface area (Å²) in [7, 11) is 0. The normalized spacial score (nSPS) is 17.3. The molecule has 1 fully saturated rings. The molecule has 0 atom stereocenters. The van der Waals surface area contributed by atoms with E-state index in [1.807, 2.05) is 13.0 Å². The van der Waals surface area contributed by atoms with E-state index in [4.69, 9.17) is 11.6 Å². The molecule has 144 valence electrons. The van der Waals surface area contributed by atoms with Crippen molar-refractivity contribution >= 4 is 40.6 Å². The Morgan fingerprint density at radius 2 is 1.79 bits per heavy atom. The minimum Gasteiger partial charge on any atom is -0.372 e. The number of carbonyl (C=O) groups is 2. The largest absolute Gasteiger partial charge is 0.372 e. The molecule has 4 rings (SSSR count). The lowest BCUT2D eigenvalue weighted by Gasteiger charge is -2.29. The second-order valence-electron chi connectivity index (χ2n) is 7.30. The third kappa shape index (κ3) is 3.67. The zero-order chi connectivity index (χ0) is 19.7. The molecule has 0 N–H and O–H groups in total. The minimum atomic E-state index is -0.565. The number of benzene rings is 2. The van der Waals surface area contributed by atoms with Gasteiger partial charge in [-0.05, 0) is 67.6 Å². The number of amides is 3. The van der Waals surface area contributed by atoms with Gasteiger partial charge in [0.2, 0.25) is 0 Å². The van der Waals surface area contributed by atoms with Crippen LogP contribution in [-0.4, -0.2) is 30.7 Å². The molecule has 6 heteroatoms. The van der Waals surface area contributed by atoms with Crippen molar-refractivity contribution in [2.45, 2.75) is 32.6 Å². The van der Waals surface area contributed by atoms with Crippen molar-refractivity contribution in [2.75, 3.05) is 22.9 Å². The van der Waals surface area contributed by atoms with E-state index in [1.165, 1.54) is 24.9 Å². The highest BCUT2D eigenvalue weighted by Crippen LogP contribution is 2.26. The highest BCUT2D eigenvalue weighted by atomic mass is 35.5. The van der Waals surface area contributed by atoms with Crippen molar-refractivity contribution in [1.29, 1.82) is 0 Å². The Kier molecular flexibility index (Phi) is 5.18. The van der Waals surface area contributed by atoms with Gasteiger partial charge in [-0.15, -0.1) is 0 Å². The van der Waals surface area contributed by atoms with Crippen LogP contribution in [0, 0.1) is 6.92 Å². The highest BCUT2D eigenvalue weighted by molar-refractivity contribution is 6.54. The first-order valence-electron chi connectivity index (χ1n) is 9.59. The fourth-order valence-corrected chi connectivity index (χ4v) is 3.98. The van der Waals surface area contributed by atoms with E-state index in [2.05, 4.69) is 22.0 Å². The van der Waals surface area contributed by atoms with Crippen molar-refractivity contribution in [3.63, 3.8) is 0 Å². The van der Waals surface area contributed by atoms with E-state index in [1.54, 1.807) is 24.3 Å². The third-order valence-electron chi connectivity index (χ3n) is 5.34. The van der Waals surface area contributed by atoms with Crippen LogP contribution in [0.3, 0.4) is 0 Å². The van der Waals surface area contributed by atoms with E-state index in [9.17, 15) is 9.59 Å². The summed E-state index contributed by atoms with van der Waals surface area (Å²) in [6, 6.07) is 12.4. The minimum absolute atomic E-state index is 0.263. The number of piperidine rings is 1. The smallest absolute Gasteiger partial charge is 0.355 e. The fraction of sp³-hybridized carbons (Fsp3) is 0.318. The van der Waals surface area contributed by atoms with Crippen LogP contribution < -0.4 is 9.80 Å². The van der Waals surface area contributed by atoms with E-state index >= 15 is 0 Å². The van der Waals surface area contributed by atoms with Crippen molar-refractivity contribution in [1.82, 2.24) is 0 Å².